The van der Waals surface area contributed by atoms with Gasteiger partial charge in [0.25, 0.3) is 0 Å². The molecule has 0 amide bonds. The lowest BCUT2D eigenvalue weighted by Gasteiger charge is -2.38. The Bertz CT molecular complexity index is 290. The maximum absolute atomic E-state index is 10.1. The Kier molecular flexibility index (Phi) is 11.1. The smallest absolute Gasteiger partial charge is 0.0974 e. The van der Waals surface area contributed by atoms with Crippen molar-refractivity contribution in [2.75, 3.05) is 6.61 Å². The Morgan fingerprint density at radius 1 is 1.00 bits per heavy atom. The van der Waals surface area contributed by atoms with Crippen molar-refractivity contribution in [1.82, 2.24) is 5.32 Å². The number of nitrogens with one attached hydrogen (secondary N) is 1. The molecule has 1 heterocycles. The van der Waals surface area contributed by atoms with Gasteiger partial charge in [0.15, 0.2) is 0 Å². The second-order valence-corrected chi connectivity index (χ2v) is 7.10. The van der Waals surface area contributed by atoms with Crippen molar-refractivity contribution in [2.24, 2.45) is 0 Å². The first-order valence-electron chi connectivity index (χ1n) is 9.49. The first-order valence-corrected chi connectivity index (χ1v) is 9.49. The Labute approximate surface area is 141 Å². The third-order valence-electron chi connectivity index (χ3n) is 4.93. The van der Waals surface area contributed by atoms with Crippen LogP contribution in [0.1, 0.15) is 77.6 Å². The van der Waals surface area contributed by atoms with Crippen LogP contribution in [0.2, 0.25) is 0 Å². The molecule has 0 aliphatic carbocycles. The normalized spacial score (nSPS) is 29.6. The van der Waals surface area contributed by atoms with Crippen LogP contribution in [-0.4, -0.2) is 57.4 Å². The van der Waals surface area contributed by atoms with Gasteiger partial charge < -0.3 is 25.7 Å². The molecule has 0 spiro atoms. The predicted molar refractivity (Wildman–Crippen MR) is 92.3 cm³/mol. The van der Waals surface area contributed by atoms with E-state index in [0.29, 0.717) is 12.8 Å². The minimum absolute atomic E-state index is 0.0467. The molecule has 0 bridgehead atoms. The molecule has 0 aromatic rings. The van der Waals surface area contributed by atoms with Crippen molar-refractivity contribution in [3.05, 3.63) is 0 Å². The largest absolute Gasteiger partial charge is 0.395 e. The highest BCUT2D eigenvalue weighted by molar-refractivity contribution is 4.92. The molecule has 1 aliphatic rings. The highest BCUT2D eigenvalue weighted by Crippen LogP contribution is 2.20. The first-order chi connectivity index (χ1) is 11.1. The number of aliphatic hydroxyl groups is 4. The monoisotopic (exact) mass is 331 g/mol. The molecule has 0 aromatic heterocycles. The molecule has 5 atom stereocenters. The molecule has 0 saturated carbocycles. The van der Waals surface area contributed by atoms with Crippen LogP contribution in [0.25, 0.3) is 0 Å². The molecular formula is C18H37NO4. The van der Waals surface area contributed by atoms with Crippen molar-refractivity contribution >= 4 is 0 Å². The maximum atomic E-state index is 10.1. The molecule has 5 heteroatoms. The van der Waals surface area contributed by atoms with Gasteiger partial charge in [0, 0.05) is 6.04 Å². The summed E-state index contributed by atoms with van der Waals surface area (Å²) in [5.41, 5.74) is 0. The molecule has 5 N–H and O–H groups in total. The Morgan fingerprint density at radius 3 is 2.22 bits per heavy atom. The lowest BCUT2D eigenvalue weighted by Crippen LogP contribution is -2.59. The summed E-state index contributed by atoms with van der Waals surface area (Å²) in [6, 6.07) is -0.548. The summed E-state index contributed by atoms with van der Waals surface area (Å²) in [5.74, 6) is 0. The highest BCUT2D eigenvalue weighted by Gasteiger charge is 2.35. The van der Waals surface area contributed by atoms with Crippen LogP contribution >= 0.6 is 0 Å². The van der Waals surface area contributed by atoms with E-state index in [2.05, 4.69) is 12.2 Å². The Morgan fingerprint density at radius 2 is 1.61 bits per heavy atom. The molecule has 0 radical (unpaired) electrons. The average molecular weight is 331 g/mol. The van der Waals surface area contributed by atoms with Crippen LogP contribution in [0.4, 0.5) is 0 Å². The highest BCUT2D eigenvalue weighted by atomic mass is 16.3. The molecule has 1 saturated heterocycles. The summed E-state index contributed by atoms with van der Waals surface area (Å²) >= 11 is 0. The van der Waals surface area contributed by atoms with E-state index in [4.69, 9.17) is 0 Å². The molecule has 3 unspecified atom stereocenters. The summed E-state index contributed by atoms with van der Waals surface area (Å²) in [6.07, 6.45) is 9.67. The zero-order valence-corrected chi connectivity index (χ0v) is 14.7. The minimum atomic E-state index is -0.930. The van der Waals surface area contributed by atoms with Gasteiger partial charge in [-0.2, -0.15) is 0 Å². The van der Waals surface area contributed by atoms with E-state index in [0.717, 1.165) is 12.8 Å². The third-order valence-corrected chi connectivity index (χ3v) is 4.93. The number of unbranched alkanes of at least 4 members (excludes halogenated alkanes) is 7. The summed E-state index contributed by atoms with van der Waals surface area (Å²) < 4.78 is 0. The van der Waals surface area contributed by atoms with Crippen LogP contribution in [0.3, 0.4) is 0 Å². The van der Waals surface area contributed by atoms with Crippen LogP contribution in [0.5, 0.6) is 0 Å². The molecule has 138 valence electrons. The van der Waals surface area contributed by atoms with Crippen LogP contribution in [-0.2, 0) is 0 Å². The van der Waals surface area contributed by atoms with Gasteiger partial charge >= 0.3 is 0 Å². The van der Waals surface area contributed by atoms with E-state index in [1.807, 2.05) is 0 Å². The number of piperidine rings is 1. The van der Waals surface area contributed by atoms with E-state index >= 15 is 0 Å². The minimum Gasteiger partial charge on any atom is -0.395 e. The Hall–Kier alpha value is -0.200. The fraction of sp³-hybridized carbons (Fsp3) is 1.00. The van der Waals surface area contributed by atoms with Gasteiger partial charge in [0.2, 0.25) is 0 Å². The molecule has 1 aliphatic heterocycles. The summed E-state index contributed by atoms with van der Waals surface area (Å²) in [6.45, 7) is 2.02. The van der Waals surface area contributed by atoms with Crippen LogP contribution in [0.15, 0.2) is 0 Å². The van der Waals surface area contributed by atoms with Gasteiger partial charge in [-0.05, 0) is 19.3 Å². The zero-order valence-electron chi connectivity index (χ0n) is 14.7. The fourth-order valence-electron chi connectivity index (χ4n) is 3.45. The quantitative estimate of drug-likeness (QED) is 0.351. The van der Waals surface area contributed by atoms with Crippen molar-refractivity contribution in [2.45, 2.75) is 108 Å². The standard InChI is InChI=1S/C18H37NO4/c1-2-3-4-5-6-7-8-9-10-15(21)11-14-12-17(22)18(23)16(13-20)19-14/h14-23H,2-13H2,1H3/t14-,15?,16?,17?,18-/m0/s1. The van der Waals surface area contributed by atoms with Gasteiger partial charge in [-0.25, -0.2) is 0 Å². The van der Waals surface area contributed by atoms with E-state index in [-0.39, 0.29) is 18.8 Å². The van der Waals surface area contributed by atoms with Crippen molar-refractivity contribution < 1.29 is 20.4 Å². The predicted octanol–water partition coefficient (Wildman–Crippen LogP) is 1.71. The van der Waals surface area contributed by atoms with Gasteiger partial charge in [-0.1, -0.05) is 58.3 Å². The molecule has 1 fully saturated rings. The molecule has 23 heavy (non-hydrogen) atoms. The van der Waals surface area contributed by atoms with E-state index in [1.165, 1.54) is 44.9 Å². The number of hydrogen-bond donors (Lipinski definition) is 5. The van der Waals surface area contributed by atoms with Gasteiger partial charge in [0.05, 0.1) is 31.0 Å². The zero-order chi connectivity index (χ0) is 17.1. The van der Waals surface area contributed by atoms with Crippen LogP contribution in [0, 0.1) is 0 Å². The van der Waals surface area contributed by atoms with E-state index < -0.39 is 18.2 Å². The van der Waals surface area contributed by atoms with E-state index in [9.17, 15) is 20.4 Å². The lowest BCUT2D eigenvalue weighted by atomic mass is 9.89. The molecule has 5 nitrogen and oxygen atoms in total. The second kappa shape index (κ2) is 12.2. The Balaban J connectivity index is 2.08. The first kappa shape index (κ1) is 20.8. The number of rotatable bonds is 12. The molecule has 0 aromatic carbocycles. The van der Waals surface area contributed by atoms with Crippen molar-refractivity contribution in [3.8, 4) is 0 Å². The van der Waals surface area contributed by atoms with Crippen molar-refractivity contribution in [3.63, 3.8) is 0 Å². The topological polar surface area (TPSA) is 93.0 Å². The summed E-state index contributed by atoms with van der Waals surface area (Å²) in [4.78, 5) is 0. The van der Waals surface area contributed by atoms with Crippen molar-refractivity contribution in [1.29, 1.82) is 0 Å². The lowest BCUT2D eigenvalue weighted by molar-refractivity contribution is -0.0559. The summed E-state index contributed by atoms with van der Waals surface area (Å²) in [7, 11) is 0. The van der Waals surface area contributed by atoms with Crippen LogP contribution < -0.4 is 5.32 Å². The fourth-order valence-corrected chi connectivity index (χ4v) is 3.45. The number of aliphatic hydroxyl groups excluding tert-OH is 4. The van der Waals surface area contributed by atoms with E-state index in [1.54, 1.807) is 0 Å². The molecular weight excluding hydrogens is 294 g/mol. The van der Waals surface area contributed by atoms with Gasteiger partial charge in [-0.15, -0.1) is 0 Å². The average Bonchev–Trinajstić information content (AvgIpc) is 2.53. The van der Waals surface area contributed by atoms with Gasteiger partial charge in [-0.3, -0.25) is 0 Å². The second-order valence-electron chi connectivity index (χ2n) is 7.10. The maximum Gasteiger partial charge on any atom is 0.0974 e. The SMILES string of the molecule is CCCCCCCCCCC(O)C[C@H]1CC(O)[C@@H](O)C(CO)N1. The number of hydrogen-bond acceptors (Lipinski definition) is 5. The van der Waals surface area contributed by atoms with Gasteiger partial charge in [0.1, 0.15) is 0 Å². The molecule has 1 rings (SSSR count). The summed E-state index contributed by atoms with van der Waals surface area (Å²) in [5, 5.41) is 42.0. The third kappa shape index (κ3) is 8.45.